The molecule has 2 aromatic rings. The third-order valence-corrected chi connectivity index (χ3v) is 5.40. The van der Waals surface area contributed by atoms with E-state index in [0.29, 0.717) is 39.6 Å². The van der Waals surface area contributed by atoms with Gasteiger partial charge in [-0.05, 0) is 42.8 Å². The first-order chi connectivity index (χ1) is 13.5. The monoisotopic (exact) mass is 412 g/mol. The van der Waals surface area contributed by atoms with Crippen molar-refractivity contribution in [2.45, 2.75) is 6.92 Å². The maximum absolute atomic E-state index is 12.7. The highest BCUT2D eigenvalue weighted by molar-refractivity contribution is 8.26. The van der Waals surface area contributed by atoms with Gasteiger partial charge in [-0.15, -0.1) is 0 Å². The molecule has 1 saturated heterocycles. The van der Waals surface area contributed by atoms with Crippen LogP contribution in [0.2, 0.25) is 0 Å². The van der Waals surface area contributed by atoms with Crippen LogP contribution in [-0.4, -0.2) is 29.5 Å². The molecular formula is C20H16N2O4S2. The standard InChI is InChI=1S/C20H16N2O4S2/c1-12-2-5-14(6-3-12)26-20(24)22-8-9-25-16-7-4-13(10-15(16)22)11-17-18(23)21-19(27)28-17/h2-7,10-11H,8-9H2,1H3,(H,21,23,27). The fraction of sp³-hybridized carbons (Fsp3) is 0.150. The summed E-state index contributed by atoms with van der Waals surface area (Å²) < 4.78 is 11.6. The van der Waals surface area contributed by atoms with Crippen LogP contribution in [0, 0.1) is 6.92 Å². The lowest BCUT2D eigenvalue weighted by Crippen LogP contribution is -2.39. The molecule has 6 nitrogen and oxygen atoms in total. The van der Waals surface area contributed by atoms with E-state index in [0.717, 1.165) is 11.1 Å². The van der Waals surface area contributed by atoms with E-state index in [2.05, 4.69) is 5.32 Å². The Bertz CT molecular complexity index is 1000. The molecule has 1 fully saturated rings. The zero-order chi connectivity index (χ0) is 19.7. The average Bonchev–Trinajstić information content (AvgIpc) is 3.00. The Labute approximate surface area is 171 Å². The number of ether oxygens (including phenoxy) is 2. The Hall–Kier alpha value is -2.84. The number of benzene rings is 2. The van der Waals surface area contributed by atoms with Gasteiger partial charge >= 0.3 is 6.09 Å². The predicted molar refractivity (Wildman–Crippen MR) is 113 cm³/mol. The van der Waals surface area contributed by atoms with Crippen molar-refractivity contribution in [3.05, 3.63) is 58.5 Å². The van der Waals surface area contributed by atoms with Gasteiger partial charge in [0.2, 0.25) is 0 Å². The van der Waals surface area contributed by atoms with E-state index in [9.17, 15) is 9.59 Å². The van der Waals surface area contributed by atoms with Crippen molar-refractivity contribution in [3.63, 3.8) is 0 Å². The molecule has 142 valence electrons. The minimum absolute atomic E-state index is 0.223. The molecule has 28 heavy (non-hydrogen) atoms. The number of thioether (sulfide) groups is 1. The maximum Gasteiger partial charge on any atom is 0.419 e. The Kier molecular flexibility index (Phi) is 5.06. The Morgan fingerprint density at radius 1 is 1.29 bits per heavy atom. The van der Waals surface area contributed by atoms with Crippen LogP contribution in [0.3, 0.4) is 0 Å². The molecule has 1 N–H and O–H groups in total. The minimum atomic E-state index is -0.479. The molecule has 0 unspecified atom stereocenters. The molecule has 0 atom stereocenters. The van der Waals surface area contributed by atoms with E-state index in [-0.39, 0.29) is 5.91 Å². The van der Waals surface area contributed by atoms with E-state index in [1.807, 2.05) is 25.1 Å². The van der Waals surface area contributed by atoms with Crippen LogP contribution in [0.15, 0.2) is 47.4 Å². The number of amides is 2. The summed E-state index contributed by atoms with van der Waals surface area (Å²) in [6.45, 7) is 2.72. The first-order valence-corrected chi connectivity index (χ1v) is 9.80. The van der Waals surface area contributed by atoms with Crippen molar-refractivity contribution < 1.29 is 19.1 Å². The van der Waals surface area contributed by atoms with Crippen molar-refractivity contribution in [3.8, 4) is 11.5 Å². The summed E-state index contributed by atoms with van der Waals surface area (Å²) in [5, 5.41) is 2.59. The fourth-order valence-electron chi connectivity index (χ4n) is 2.85. The summed E-state index contributed by atoms with van der Waals surface area (Å²) in [5.41, 5.74) is 2.45. The number of fused-ring (bicyclic) bond motifs is 1. The number of carbonyl (C=O) groups is 2. The zero-order valence-electron chi connectivity index (χ0n) is 14.9. The van der Waals surface area contributed by atoms with E-state index < -0.39 is 6.09 Å². The number of nitrogens with zero attached hydrogens (tertiary/aromatic N) is 1. The van der Waals surface area contributed by atoms with Gasteiger partial charge in [0.25, 0.3) is 5.91 Å². The van der Waals surface area contributed by atoms with E-state index in [4.69, 9.17) is 21.7 Å². The number of nitrogens with one attached hydrogen (secondary N) is 1. The van der Waals surface area contributed by atoms with Gasteiger partial charge in [-0.3, -0.25) is 9.69 Å². The molecule has 0 saturated carbocycles. The van der Waals surface area contributed by atoms with Gasteiger partial charge in [-0.2, -0.15) is 0 Å². The van der Waals surface area contributed by atoms with Crippen molar-refractivity contribution in [2.24, 2.45) is 0 Å². The lowest BCUT2D eigenvalue weighted by molar-refractivity contribution is -0.115. The quantitative estimate of drug-likeness (QED) is 0.596. The molecule has 0 bridgehead atoms. The third kappa shape index (κ3) is 3.88. The first kappa shape index (κ1) is 18.5. The lowest BCUT2D eigenvalue weighted by atomic mass is 10.1. The fourth-order valence-corrected chi connectivity index (χ4v) is 3.89. The molecule has 2 aliphatic rings. The third-order valence-electron chi connectivity index (χ3n) is 4.23. The van der Waals surface area contributed by atoms with Gasteiger partial charge in [-0.25, -0.2) is 4.79 Å². The molecule has 8 heteroatoms. The summed E-state index contributed by atoms with van der Waals surface area (Å²) in [4.78, 5) is 26.6. The molecule has 2 heterocycles. The SMILES string of the molecule is Cc1ccc(OC(=O)N2CCOc3ccc(C=C4SC(=S)NC4=O)cc32)cc1. The molecule has 2 amide bonds. The number of anilines is 1. The summed E-state index contributed by atoms with van der Waals surface area (Å²) in [6.07, 6.45) is 1.25. The Balaban J connectivity index is 1.60. The second-order valence-electron chi connectivity index (χ2n) is 6.26. The normalized spacial score (nSPS) is 17.2. The zero-order valence-corrected chi connectivity index (χ0v) is 16.6. The van der Waals surface area contributed by atoms with Gasteiger partial charge in [-0.1, -0.05) is 47.7 Å². The van der Waals surface area contributed by atoms with Crippen molar-refractivity contribution >= 4 is 52.1 Å². The largest absolute Gasteiger partial charge is 0.490 e. The van der Waals surface area contributed by atoms with Crippen LogP contribution in [0.4, 0.5) is 10.5 Å². The highest BCUT2D eigenvalue weighted by Crippen LogP contribution is 2.35. The summed E-state index contributed by atoms with van der Waals surface area (Å²) in [6, 6.07) is 12.7. The van der Waals surface area contributed by atoms with Gasteiger partial charge < -0.3 is 14.8 Å². The average molecular weight is 412 g/mol. The molecule has 4 rings (SSSR count). The van der Waals surface area contributed by atoms with Crippen LogP contribution in [0.5, 0.6) is 11.5 Å². The van der Waals surface area contributed by atoms with Crippen molar-refractivity contribution in [1.29, 1.82) is 0 Å². The minimum Gasteiger partial charge on any atom is -0.490 e. The van der Waals surface area contributed by atoms with Crippen molar-refractivity contribution in [2.75, 3.05) is 18.1 Å². The summed E-state index contributed by atoms with van der Waals surface area (Å²) in [5.74, 6) is 0.849. The Morgan fingerprint density at radius 3 is 2.79 bits per heavy atom. The first-order valence-electron chi connectivity index (χ1n) is 8.57. The van der Waals surface area contributed by atoms with E-state index in [1.165, 1.54) is 16.7 Å². The molecule has 2 aliphatic heterocycles. The highest BCUT2D eigenvalue weighted by atomic mass is 32.2. The predicted octanol–water partition coefficient (Wildman–Crippen LogP) is 3.88. The lowest BCUT2D eigenvalue weighted by Gasteiger charge is -2.29. The molecule has 2 aromatic carbocycles. The van der Waals surface area contributed by atoms with Crippen LogP contribution >= 0.6 is 24.0 Å². The highest BCUT2D eigenvalue weighted by Gasteiger charge is 2.26. The number of thiocarbonyl (C=S) groups is 1. The van der Waals surface area contributed by atoms with Crippen LogP contribution in [0.25, 0.3) is 6.08 Å². The maximum atomic E-state index is 12.7. The number of carbonyl (C=O) groups excluding carboxylic acids is 2. The van der Waals surface area contributed by atoms with Crippen molar-refractivity contribution in [1.82, 2.24) is 5.32 Å². The summed E-state index contributed by atoms with van der Waals surface area (Å²) >= 11 is 6.22. The second-order valence-corrected chi connectivity index (χ2v) is 7.98. The molecular weight excluding hydrogens is 396 g/mol. The Morgan fingerprint density at radius 2 is 2.07 bits per heavy atom. The van der Waals surface area contributed by atoms with Gasteiger partial charge in [0.15, 0.2) is 0 Å². The topological polar surface area (TPSA) is 67.9 Å². The molecule has 0 radical (unpaired) electrons. The van der Waals surface area contributed by atoms with Crippen LogP contribution in [0.1, 0.15) is 11.1 Å². The number of rotatable bonds is 2. The van der Waals surface area contributed by atoms with E-state index in [1.54, 1.807) is 30.3 Å². The molecule has 0 aromatic heterocycles. The smallest absolute Gasteiger partial charge is 0.419 e. The number of aryl methyl sites for hydroxylation is 1. The molecule has 0 spiro atoms. The van der Waals surface area contributed by atoms with E-state index >= 15 is 0 Å². The van der Waals surface area contributed by atoms with Gasteiger partial charge in [0, 0.05) is 0 Å². The van der Waals surface area contributed by atoms with Crippen LogP contribution < -0.4 is 19.7 Å². The van der Waals surface area contributed by atoms with Crippen LogP contribution in [-0.2, 0) is 4.79 Å². The van der Waals surface area contributed by atoms with Gasteiger partial charge in [0.1, 0.15) is 22.4 Å². The summed E-state index contributed by atoms with van der Waals surface area (Å²) in [7, 11) is 0. The molecule has 0 aliphatic carbocycles. The second kappa shape index (κ2) is 7.65. The number of hydrogen-bond acceptors (Lipinski definition) is 6. The van der Waals surface area contributed by atoms with Gasteiger partial charge in [0.05, 0.1) is 17.1 Å². The number of hydrogen-bond donors (Lipinski definition) is 1.